The molecule has 2 aromatic rings. The Hall–Kier alpha value is -2.33. The molecule has 0 aliphatic carbocycles. The molecule has 0 saturated carbocycles. The number of carbonyl (C=O) groups is 1. The van der Waals surface area contributed by atoms with Gasteiger partial charge in [0.15, 0.2) is 0 Å². The lowest BCUT2D eigenvalue weighted by Crippen LogP contribution is -2.30. The van der Waals surface area contributed by atoms with Crippen LogP contribution in [0, 0.1) is 0 Å². The van der Waals surface area contributed by atoms with Crippen molar-refractivity contribution in [2.75, 3.05) is 7.11 Å². The number of carboxylic acid groups (broad SMARTS) is 1. The Balaban J connectivity index is 2.14. The topological polar surface area (TPSA) is 58.6 Å². The van der Waals surface area contributed by atoms with E-state index in [1.807, 2.05) is 61.5 Å². The highest BCUT2D eigenvalue weighted by molar-refractivity contribution is 5.75. The largest absolute Gasteiger partial charge is 0.497 e. The van der Waals surface area contributed by atoms with Gasteiger partial charge in [-0.1, -0.05) is 42.5 Å². The Kier molecular flexibility index (Phi) is 4.95. The van der Waals surface area contributed by atoms with Crippen LogP contribution >= 0.6 is 0 Å². The van der Waals surface area contributed by atoms with Gasteiger partial charge >= 0.3 is 5.97 Å². The van der Waals surface area contributed by atoms with Gasteiger partial charge in [0.05, 0.1) is 7.11 Å². The number of hydrogen-bond acceptors (Lipinski definition) is 3. The average molecular weight is 285 g/mol. The molecule has 4 heteroatoms. The van der Waals surface area contributed by atoms with Crippen LogP contribution in [0.1, 0.15) is 30.1 Å². The molecule has 0 spiro atoms. The summed E-state index contributed by atoms with van der Waals surface area (Å²) < 4.78 is 5.12. The van der Waals surface area contributed by atoms with E-state index in [-0.39, 0.29) is 6.04 Å². The highest BCUT2D eigenvalue weighted by atomic mass is 16.5. The van der Waals surface area contributed by atoms with Crippen molar-refractivity contribution in [2.45, 2.75) is 19.0 Å². The van der Waals surface area contributed by atoms with Gasteiger partial charge in [0.1, 0.15) is 11.8 Å². The zero-order valence-corrected chi connectivity index (χ0v) is 12.1. The molecule has 0 radical (unpaired) electrons. The number of hydrogen-bond donors (Lipinski definition) is 2. The van der Waals surface area contributed by atoms with Crippen molar-refractivity contribution in [3.63, 3.8) is 0 Å². The van der Waals surface area contributed by atoms with E-state index in [0.717, 1.165) is 16.9 Å². The van der Waals surface area contributed by atoms with Gasteiger partial charge in [0, 0.05) is 6.04 Å². The van der Waals surface area contributed by atoms with Crippen LogP contribution in [-0.2, 0) is 4.79 Å². The molecule has 0 heterocycles. The molecule has 21 heavy (non-hydrogen) atoms. The van der Waals surface area contributed by atoms with Crippen molar-refractivity contribution < 1.29 is 14.6 Å². The quantitative estimate of drug-likeness (QED) is 0.856. The van der Waals surface area contributed by atoms with Gasteiger partial charge in [0.25, 0.3) is 0 Å². The normalized spacial score (nSPS) is 13.4. The maximum Gasteiger partial charge on any atom is 0.325 e. The highest BCUT2D eigenvalue weighted by Crippen LogP contribution is 2.21. The molecule has 2 rings (SSSR count). The minimum absolute atomic E-state index is 0.0859. The van der Waals surface area contributed by atoms with Crippen molar-refractivity contribution in [3.8, 4) is 5.75 Å². The molecule has 0 bridgehead atoms. The van der Waals surface area contributed by atoms with Crippen LogP contribution in [-0.4, -0.2) is 18.2 Å². The number of carboxylic acids is 1. The first-order valence-electron chi connectivity index (χ1n) is 6.79. The molecular formula is C17H19NO3. The molecule has 0 aliphatic heterocycles. The van der Waals surface area contributed by atoms with E-state index in [1.54, 1.807) is 7.11 Å². The lowest BCUT2D eigenvalue weighted by molar-refractivity contribution is -0.139. The monoisotopic (exact) mass is 285 g/mol. The summed E-state index contributed by atoms with van der Waals surface area (Å²) in [6, 6.07) is 15.9. The summed E-state index contributed by atoms with van der Waals surface area (Å²) in [4.78, 5) is 11.5. The fourth-order valence-electron chi connectivity index (χ4n) is 2.19. The summed E-state index contributed by atoms with van der Waals surface area (Å²) in [6.07, 6.45) is 0. The fraction of sp³-hybridized carbons (Fsp3) is 0.235. The molecule has 0 aliphatic rings. The fourth-order valence-corrected chi connectivity index (χ4v) is 2.19. The SMILES string of the molecule is COc1ccc([C@@H](C)NC(C(=O)O)c2ccccc2)cc1. The van der Waals surface area contributed by atoms with Crippen molar-refractivity contribution in [1.29, 1.82) is 0 Å². The third-order valence-corrected chi connectivity index (χ3v) is 3.41. The molecule has 2 aromatic carbocycles. The van der Waals surface area contributed by atoms with Crippen molar-refractivity contribution in [2.24, 2.45) is 0 Å². The highest BCUT2D eigenvalue weighted by Gasteiger charge is 2.21. The third kappa shape index (κ3) is 3.83. The van der Waals surface area contributed by atoms with Crippen LogP contribution in [0.2, 0.25) is 0 Å². The molecule has 0 amide bonds. The smallest absolute Gasteiger partial charge is 0.325 e. The summed E-state index contributed by atoms with van der Waals surface area (Å²) in [7, 11) is 1.62. The molecule has 2 atom stereocenters. The standard InChI is InChI=1S/C17H19NO3/c1-12(13-8-10-15(21-2)11-9-13)18-16(17(19)20)14-6-4-3-5-7-14/h3-12,16,18H,1-2H3,(H,19,20)/t12-,16?/m1/s1. The van der Waals surface area contributed by atoms with Crippen LogP contribution in [0.5, 0.6) is 5.75 Å². The summed E-state index contributed by atoms with van der Waals surface area (Å²) in [5, 5.41) is 12.6. The summed E-state index contributed by atoms with van der Waals surface area (Å²) in [5.41, 5.74) is 1.75. The predicted octanol–water partition coefficient (Wildman–Crippen LogP) is 3.17. The van der Waals surface area contributed by atoms with Crippen molar-refractivity contribution in [1.82, 2.24) is 5.32 Å². The van der Waals surface area contributed by atoms with Gasteiger partial charge in [-0.15, -0.1) is 0 Å². The Morgan fingerprint density at radius 2 is 1.67 bits per heavy atom. The van der Waals surface area contributed by atoms with Crippen LogP contribution in [0.25, 0.3) is 0 Å². The summed E-state index contributed by atoms with van der Waals surface area (Å²) in [5.74, 6) is -0.106. The second-order valence-electron chi connectivity index (χ2n) is 4.84. The van der Waals surface area contributed by atoms with E-state index in [4.69, 9.17) is 4.74 Å². The number of nitrogens with one attached hydrogen (secondary N) is 1. The van der Waals surface area contributed by atoms with Gasteiger partial charge in [-0.25, -0.2) is 0 Å². The first-order chi connectivity index (χ1) is 10.1. The van der Waals surface area contributed by atoms with Crippen LogP contribution in [0.4, 0.5) is 0 Å². The molecule has 110 valence electrons. The summed E-state index contributed by atoms with van der Waals surface area (Å²) >= 11 is 0. The Labute approximate surface area is 124 Å². The first kappa shape index (κ1) is 15.1. The number of ether oxygens (including phenoxy) is 1. The first-order valence-corrected chi connectivity index (χ1v) is 6.79. The third-order valence-electron chi connectivity index (χ3n) is 3.41. The number of rotatable bonds is 6. The molecule has 0 aromatic heterocycles. The van der Waals surface area contributed by atoms with Crippen molar-refractivity contribution >= 4 is 5.97 Å². The van der Waals surface area contributed by atoms with Crippen LogP contribution in [0.3, 0.4) is 0 Å². The van der Waals surface area contributed by atoms with Crippen molar-refractivity contribution in [3.05, 3.63) is 65.7 Å². The Morgan fingerprint density at radius 3 is 2.19 bits per heavy atom. The zero-order valence-electron chi connectivity index (χ0n) is 12.1. The average Bonchev–Trinajstić information content (AvgIpc) is 2.53. The van der Waals surface area contributed by atoms with E-state index in [9.17, 15) is 9.90 Å². The van der Waals surface area contributed by atoms with Crippen LogP contribution in [0.15, 0.2) is 54.6 Å². The van der Waals surface area contributed by atoms with Gasteiger partial charge in [0.2, 0.25) is 0 Å². The van der Waals surface area contributed by atoms with Gasteiger partial charge in [-0.2, -0.15) is 0 Å². The van der Waals surface area contributed by atoms with E-state index < -0.39 is 12.0 Å². The maximum absolute atomic E-state index is 11.5. The lowest BCUT2D eigenvalue weighted by atomic mass is 10.0. The molecule has 2 N–H and O–H groups in total. The molecule has 4 nitrogen and oxygen atoms in total. The zero-order chi connectivity index (χ0) is 15.2. The van der Waals surface area contributed by atoms with E-state index in [1.165, 1.54) is 0 Å². The van der Waals surface area contributed by atoms with E-state index in [0.29, 0.717) is 0 Å². The predicted molar refractivity (Wildman–Crippen MR) is 81.4 cm³/mol. The summed E-state index contributed by atoms with van der Waals surface area (Å²) in [6.45, 7) is 1.95. The van der Waals surface area contributed by atoms with E-state index >= 15 is 0 Å². The minimum Gasteiger partial charge on any atom is -0.497 e. The molecule has 1 unspecified atom stereocenters. The van der Waals surface area contributed by atoms with E-state index in [2.05, 4.69) is 5.32 Å². The molecular weight excluding hydrogens is 266 g/mol. The maximum atomic E-state index is 11.5. The van der Waals surface area contributed by atoms with Gasteiger partial charge < -0.3 is 9.84 Å². The second-order valence-corrected chi connectivity index (χ2v) is 4.84. The van der Waals surface area contributed by atoms with Gasteiger partial charge in [-0.05, 0) is 30.2 Å². The number of benzene rings is 2. The Morgan fingerprint density at radius 1 is 1.05 bits per heavy atom. The Bertz CT molecular complexity index is 581. The molecule has 0 saturated heterocycles. The lowest BCUT2D eigenvalue weighted by Gasteiger charge is -2.21. The van der Waals surface area contributed by atoms with Gasteiger partial charge in [-0.3, -0.25) is 10.1 Å². The van der Waals surface area contributed by atoms with Crippen LogP contribution < -0.4 is 10.1 Å². The minimum atomic E-state index is -0.887. The number of methoxy groups -OCH3 is 1. The molecule has 0 fully saturated rings. The second kappa shape index (κ2) is 6.90. The number of aliphatic carboxylic acids is 1.